The third-order valence-electron chi connectivity index (χ3n) is 7.17. The van der Waals surface area contributed by atoms with Gasteiger partial charge >= 0.3 is 0 Å². The molecule has 1 aliphatic rings. The molecule has 37 heavy (non-hydrogen) atoms. The van der Waals surface area contributed by atoms with Crippen molar-refractivity contribution in [2.45, 2.75) is 47.0 Å². The topological polar surface area (TPSA) is 23.4 Å². The van der Waals surface area contributed by atoms with Crippen molar-refractivity contribution in [3.63, 3.8) is 0 Å². The molecule has 6 rings (SSSR count). The Morgan fingerprint density at radius 1 is 0.730 bits per heavy atom. The first-order chi connectivity index (χ1) is 17.8. The number of rotatable bonds is 2. The van der Waals surface area contributed by atoms with Crippen LogP contribution in [-0.2, 0) is 12.5 Å². The van der Waals surface area contributed by atoms with Gasteiger partial charge in [-0.15, -0.1) is 0 Å². The summed E-state index contributed by atoms with van der Waals surface area (Å²) in [4.78, 5) is 0. The molecule has 0 saturated heterocycles. The molecule has 2 heterocycles. The SMILES string of the molecule is C=S.CC.Cc1ccccc1Oc1cc2c(cc1C)c1cc3c(cc1n2C)C(C)(C)c1ccccc1O3. The number of para-hydroxylation sites is 2. The molecule has 0 unspecified atom stereocenters. The number of fused-ring (bicyclic) bond motifs is 5. The van der Waals surface area contributed by atoms with E-state index in [1.54, 1.807) is 0 Å². The van der Waals surface area contributed by atoms with Crippen LogP contribution in [0.3, 0.4) is 0 Å². The van der Waals surface area contributed by atoms with Crippen molar-refractivity contribution in [3.8, 4) is 23.0 Å². The van der Waals surface area contributed by atoms with E-state index in [1.807, 2.05) is 38.1 Å². The third-order valence-corrected chi connectivity index (χ3v) is 7.17. The fourth-order valence-electron chi connectivity index (χ4n) is 5.17. The Labute approximate surface area is 225 Å². The summed E-state index contributed by atoms with van der Waals surface area (Å²) in [7, 11) is 2.13. The fourth-order valence-corrected chi connectivity index (χ4v) is 5.17. The summed E-state index contributed by atoms with van der Waals surface area (Å²) in [6.45, 7) is 12.7. The second-order valence-corrected chi connectivity index (χ2v) is 9.65. The fraction of sp³-hybridized carbons (Fsp3) is 0.242. The Morgan fingerprint density at radius 2 is 1.35 bits per heavy atom. The highest BCUT2D eigenvalue weighted by atomic mass is 32.1. The highest BCUT2D eigenvalue weighted by molar-refractivity contribution is 7.77. The Kier molecular flexibility index (Phi) is 7.42. The van der Waals surface area contributed by atoms with Gasteiger partial charge in [0, 0.05) is 45.9 Å². The van der Waals surface area contributed by atoms with E-state index in [9.17, 15) is 0 Å². The van der Waals surface area contributed by atoms with E-state index >= 15 is 0 Å². The van der Waals surface area contributed by atoms with Crippen molar-refractivity contribution in [2.24, 2.45) is 7.05 Å². The lowest BCUT2D eigenvalue weighted by Gasteiger charge is -2.34. The molecule has 4 aromatic carbocycles. The van der Waals surface area contributed by atoms with Crippen molar-refractivity contribution in [3.05, 3.63) is 95.1 Å². The minimum absolute atomic E-state index is 0.135. The van der Waals surface area contributed by atoms with E-state index in [4.69, 9.17) is 9.47 Å². The van der Waals surface area contributed by atoms with Crippen LogP contribution in [0.5, 0.6) is 23.0 Å². The summed E-state index contributed by atoms with van der Waals surface area (Å²) in [6, 6.07) is 25.4. The van der Waals surface area contributed by atoms with E-state index < -0.39 is 0 Å². The molecule has 1 aromatic heterocycles. The first-order valence-electron chi connectivity index (χ1n) is 12.7. The quantitative estimate of drug-likeness (QED) is 0.221. The van der Waals surface area contributed by atoms with Gasteiger partial charge in [-0.3, -0.25) is 0 Å². The van der Waals surface area contributed by atoms with Crippen LogP contribution >= 0.6 is 12.2 Å². The van der Waals surface area contributed by atoms with Crippen molar-refractivity contribution in [1.29, 1.82) is 0 Å². The molecule has 0 aliphatic carbocycles. The van der Waals surface area contributed by atoms with Gasteiger partial charge in [-0.05, 0) is 61.2 Å². The van der Waals surface area contributed by atoms with Gasteiger partial charge in [0.05, 0.1) is 5.52 Å². The summed E-state index contributed by atoms with van der Waals surface area (Å²) >= 11 is 3.83. The monoisotopic (exact) mass is 509 g/mol. The van der Waals surface area contributed by atoms with Crippen LogP contribution in [0.1, 0.15) is 49.9 Å². The predicted molar refractivity (Wildman–Crippen MR) is 161 cm³/mol. The Morgan fingerprint density at radius 3 is 2.08 bits per heavy atom. The first-order valence-corrected chi connectivity index (χ1v) is 13.3. The van der Waals surface area contributed by atoms with Gasteiger partial charge in [0.25, 0.3) is 0 Å². The summed E-state index contributed by atoms with van der Waals surface area (Å²) in [5, 5.41) is 2.41. The number of hydrogen-bond acceptors (Lipinski definition) is 3. The van der Waals surface area contributed by atoms with Crippen LogP contribution in [0.15, 0.2) is 72.8 Å². The second kappa shape index (κ2) is 10.4. The summed E-state index contributed by atoms with van der Waals surface area (Å²) in [5.74, 6) is 6.50. The Balaban J connectivity index is 0.000000765. The molecule has 5 aromatic rings. The molecule has 1 aliphatic heterocycles. The van der Waals surface area contributed by atoms with Crippen molar-refractivity contribution in [1.82, 2.24) is 4.57 Å². The largest absolute Gasteiger partial charge is 0.457 e. The maximum absolute atomic E-state index is 6.39. The molecule has 0 radical (unpaired) electrons. The van der Waals surface area contributed by atoms with E-state index in [-0.39, 0.29) is 5.41 Å². The molecule has 190 valence electrons. The molecule has 3 nitrogen and oxygen atoms in total. The number of benzene rings is 4. The van der Waals surface area contributed by atoms with Crippen molar-refractivity contribution in [2.75, 3.05) is 0 Å². The maximum Gasteiger partial charge on any atom is 0.132 e. The Bertz CT molecular complexity index is 1600. The molecular weight excluding hydrogens is 474 g/mol. The highest BCUT2D eigenvalue weighted by Gasteiger charge is 2.34. The molecule has 0 N–H and O–H groups in total. The van der Waals surface area contributed by atoms with Crippen LogP contribution in [0.25, 0.3) is 21.8 Å². The van der Waals surface area contributed by atoms with Crippen LogP contribution in [-0.4, -0.2) is 10.4 Å². The minimum atomic E-state index is -0.135. The van der Waals surface area contributed by atoms with E-state index in [1.165, 1.54) is 27.4 Å². The van der Waals surface area contributed by atoms with E-state index in [2.05, 4.69) is 106 Å². The van der Waals surface area contributed by atoms with Gasteiger partial charge in [0.2, 0.25) is 0 Å². The number of nitrogens with zero attached hydrogens (tertiary/aromatic N) is 1. The van der Waals surface area contributed by atoms with Crippen molar-refractivity contribution >= 4 is 39.9 Å². The average Bonchev–Trinajstić information content (AvgIpc) is 3.17. The van der Waals surface area contributed by atoms with Gasteiger partial charge in [-0.25, -0.2) is 0 Å². The number of thiocarbonyl (C=S) groups is 1. The first kappa shape index (κ1) is 26.4. The number of hydrogen-bond donors (Lipinski definition) is 0. The van der Waals surface area contributed by atoms with Gasteiger partial charge in [0.1, 0.15) is 23.0 Å². The van der Waals surface area contributed by atoms with Crippen LogP contribution in [0.2, 0.25) is 0 Å². The lowest BCUT2D eigenvalue weighted by Crippen LogP contribution is -2.24. The number of ether oxygens (including phenoxy) is 2. The molecular formula is C33H35NO2S. The summed E-state index contributed by atoms with van der Waals surface area (Å²) in [5.41, 5.74) is 6.89. The van der Waals surface area contributed by atoms with Gasteiger partial charge in [-0.1, -0.05) is 76.3 Å². The standard InChI is InChI=1S/C30H27NO2.C2H6.CH2S/c1-18-10-6-8-12-26(18)32-28-17-25-20(14-19(28)2)21-15-29-23(16-24(21)31(25)5)30(3,4)22-11-7-9-13-27(22)33-29;2*1-2/h6-17H,1-5H3;1-2H3;1H2. The van der Waals surface area contributed by atoms with E-state index in [0.29, 0.717) is 0 Å². The zero-order chi connectivity index (χ0) is 26.9. The smallest absolute Gasteiger partial charge is 0.132 e. The lowest BCUT2D eigenvalue weighted by molar-refractivity contribution is 0.419. The molecule has 0 amide bonds. The zero-order valence-corrected chi connectivity index (χ0v) is 23.6. The van der Waals surface area contributed by atoms with Crippen LogP contribution < -0.4 is 9.47 Å². The van der Waals surface area contributed by atoms with Gasteiger partial charge in [0.15, 0.2) is 0 Å². The van der Waals surface area contributed by atoms with Crippen LogP contribution in [0.4, 0.5) is 0 Å². The minimum Gasteiger partial charge on any atom is -0.457 e. The average molecular weight is 510 g/mol. The maximum atomic E-state index is 6.39. The predicted octanol–water partition coefficient (Wildman–Crippen LogP) is 9.81. The lowest BCUT2D eigenvalue weighted by atomic mass is 9.75. The normalized spacial score (nSPS) is 12.8. The molecule has 0 bridgehead atoms. The summed E-state index contributed by atoms with van der Waals surface area (Å²) < 4.78 is 15.0. The molecule has 4 heteroatoms. The molecule has 0 saturated carbocycles. The third kappa shape index (κ3) is 4.40. The van der Waals surface area contributed by atoms with Crippen molar-refractivity contribution < 1.29 is 9.47 Å². The number of aryl methyl sites for hydroxylation is 3. The zero-order valence-electron chi connectivity index (χ0n) is 22.8. The summed E-state index contributed by atoms with van der Waals surface area (Å²) in [6.07, 6.45) is 0. The van der Waals surface area contributed by atoms with Gasteiger partial charge < -0.3 is 14.0 Å². The molecule has 0 fully saturated rings. The van der Waals surface area contributed by atoms with E-state index in [0.717, 1.165) is 39.6 Å². The Hall–Kier alpha value is -3.63. The number of aromatic nitrogens is 1. The molecule has 0 atom stereocenters. The van der Waals surface area contributed by atoms with Gasteiger partial charge in [-0.2, -0.15) is 0 Å². The molecule has 0 spiro atoms. The van der Waals surface area contributed by atoms with Crippen LogP contribution in [0, 0.1) is 13.8 Å². The highest BCUT2D eigenvalue weighted by Crippen LogP contribution is 2.50. The second-order valence-electron chi connectivity index (χ2n) is 9.65.